The Hall–Kier alpha value is -0.900. The first-order valence-corrected chi connectivity index (χ1v) is 7.64. The van der Waals surface area contributed by atoms with E-state index in [0.29, 0.717) is 6.04 Å². The summed E-state index contributed by atoms with van der Waals surface area (Å²) in [7, 11) is 0. The van der Waals surface area contributed by atoms with Crippen molar-refractivity contribution in [3.05, 3.63) is 35.9 Å². The second-order valence-electron chi connectivity index (χ2n) is 5.87. The highest BCUT2D eigenvalue weighted by atomic mass is 15.1. The first kappa shape index (κ1) is 13.1. The van der Waals surface area contributed by atoms with Gasteiger partial charge in [0.25, 0.3) is 0 Å². The molecule has 0 amide bonds. The van der Waals surface area contributed by atoms with Gasteiger partial charge in [0.15, 0.2) is 0 Å². The van der Waals surface area contributed by atoms with Gasteiger partial charge in [0, 0.05) is 11.6 Å². The van der Waals surface area contributed by atoms with Crippen LogP contribution in [0.4, 0.5) is 0 Å². The highest BCUT2D eigenvalue weighted by Gasteiger charge is 2.35. The van der Waals surface area contributed by atoms with Crippen molar-refractivity contribution < 1.29 is 0 Å². The van der Waals surface area contributed by atoms with Crippen molar-refractivity contribution in [2.75, 3.05) is 26.2 Å². The average molecular weight is 259 g/mol. The Morgan fingerprint density at radius 1 is 0.895 bits per heavy atom. The van der Waals surface area contributed by atoms with Crippen LogP contribution in [0.15, 0.2) is 30.3 Å². The van der Waals surface area contributed by atoms with Crippen LogP contribution in [0, 0.1) is 0 Å². The molecule has 3 heteroatoms. The summed E-state index contributed by atoms with van der Waals surface area (Å²) < 4.78 is 0. The molecule has 0 aromatic heterocycles. The second-order valence-corrected chi connectivity index (χ2v) is 5.87. The SMILES string of the molecule is c1ccc(C2(NC3CCNCC3)CCNCC2)cc1. The van der Waals surface area contributed by atoms with E-state index in [1.54, 1.807) is 0 Å². The van der Waals surface area contributed by atoms with Gasteiger partial charge in [0.05, 0.1) is 0 Å². The molecule has 104 valence electrons. The largest absolute Gasteiger partial charge is 0.317 e. The van der Waals surface area contributed by atoms with Gasteiger partial charge < -0.3 is 16.0 Å². The summed E-state index contributed by atoms with van der Waals surface area (Å²) >= 11 is 0. The molecule has 0 bridgehead atoms. The highest BCUT2D eigenvalue weighted by Crippen LogP contribution is 2.32. The molecule has 1 aromatic rings. The minimum atomic E-state index is 0.189. The number of nitrogens with one attached hydrogen (secondary N) is 3. The molecular weight excluding hydrogens is 234 g/mol. The molecule has 2 saturated heterocycles. The normalized spacial score (nSPS) is 24.2. The Labute approximate surface area is 116 Å². The molecule has 3 nitrogen and oxygen atoms in total. The molecule has 0 saturated carbocycles. The topological polar surface area (TPSA) is 36.1 Å². The van der Waals surface area contributed by atoms with Crippen LogP contribution in [0.1, 0.15) is 31.2 Å². The molecule has 2 fully saturated rings. The summed E-state index contributed by atoms with van der Waals surface area (Å²) in [5, 5.41) is 11.0. The second kappa shape index (κ2) is 6.04. The van der Waals surface area contributed by atoms with Gasteiger partial charge in [-0.25, -0.2) is 0 Å². The lowest BCUT2D eigenvalue weighted by Gasteiger charge is -2.43. The van der Waals surface area contributed by atoms with Gasteiger partial charge in [-0.1, -0.05) is 30.3 Å². The number of benzene rings is 1. The summed E-state index contributed by atoms with van der Waals surface area (Å²) in [6.45, 7) is 4.54. The standard InChI is InChI=1S/C16H25N3/c1-2-4-14(5-3-1)16(8-12-18-13-9-16)19-15-6-10-17-11-7-15/h1-5,15,17-19H,6-13H2. The van der Waals surface area contributed by atoms with Gasteiger partial charge in [0.2, 0.25) is 0 Å². The van der Waals surface area contributed by atoms with Gasteiger partial charge in [-0.3, -0.25) is 0 Å². The van der Waals surface area contributed by atoms with Crippen LogP contribution >= 0.6 is 0 Å². The molecule has 0 unspecified atom stereocenters. The van der Waals surface area contributed by atoms with Crippen LogP contribution in [0.3, 0.4) is 0 Å². The van der Waals surface area contributed by atoms with E-state index < -0.39 is 0 Å². The van der Waals surface area contributed by atoms with E-state index in [2.05, 4.69) is 46.3 Å². The third kappa shape index (κ3) is 2.99. The van der Waals surface area contributed by atoms with Crippen molar-refractivity contribution in [1.29, 1.82) is 0 Å². The van der Waals surface area contributed by atoms with Crippen molar-refractivity contribution in [2.45, 2.75) is 37.3 Å². The Bertz CT molecular complexity index is 378. The van der Waals surface area contributed by atoms with E-state index in [9.17, 15) is 0 Å². The predicted molar refractivity (Wildman–Crippen MR) is 79.3 cm³/mol. The third-order valence-corrected chi connectivity index (χ3v) is 4.60. The molecule has 1 aromatic carbocycles. The number of piperidine rings is 2. The number of rotatable bonds is 3. The summed E-state index contributed by atoms with van der Waals surface area (Å²) in [4.78, 5) is 0. The number of hydrogen-bond donors (Lipinski definition) is 3. The van der Waals surface area contributed by atoms with Gasteiger partial charge in [-0.2, -0.15) is 0 Å². The molecule has 0 spiro atoms. The molecule has 19 heavy (non-hydrogen) atoms. The fraction of sp³-hybridized carbons (Fsp3) is 0.625. The third-order valence-electron chi connectivity index (χ3n) is 4.60. The zero-order valence-corrected chi connectivity index (χ0v) is 11.6. The fourth-order valence-electron chi connectivity index (χ4n) is 3.48. The molecule has 3 rings (SSSR count). The number of hydrogen-bond acceptors (Lipinski definition) is 3. The maximum absolute atomic E-state index is 4.01. The molecular formula is C16H25N3. The minimum absolute atomic E-state index is 0.189. The van der Waals surface area contributed by atoms with E-state index in [1.807, 2.05) is 0 Å². The molecule has 3 N–H and O–H groups in total. The van der Waals surface area contributed by atoms with Crippen LogP contribution in [-0.4, -0.2) is 32.2 Å². The van der Waals surface area contributed by atoms with E-state index in [0.717, 1.165) is 26.2 Å². The molecule has 0 aliphatic carbocycles. The maximum atomic E-state index is 4.01. The first-order chi connectivity index (χ1) is 9.39. The molecule has 0 atom stereocenters. The van der Waals surface area contributed by atoms with Crippen molar-refractivity contribution in [3.8, 4) is 0 Å². The summed E-state index contributed by atoms with van der Waals surface area (Å²) in [5.41, 5.74) is 1.66. The van der Waals surface area contributed by atoms with Gasteiger partial charge >= 0.3 is 0 Å². The monoisotopic (exact) mass is 259 g/mol. The lowest BCUT2D eigenvalue weighted by atomic mass is 9.80. The van der Waals surface area contributed by atoms with Crippen LogP contribution in [0.25, 0.3) is 0 Å². The van der Waals surface area contributed by atoms with E-state index in [4.69, 9.17) is 0 Å². The minimum Gasteiger partial charge on any atom is -0.317 e. The lowest BCUT2D eigenvalue weighted by Crippen LogP contribution is -2.55. The lowest BCUT2D eigenvalue weighted by molar-refractivity contribution is 0.200. The maximum Gasteiger partial charge on any atom is 0.0461 e. The molecule has 0 radical (unpaired) electrons. The Morgan fingerprint density at radius 2 is 1.53 bits per heavy atom. The highest BCUT2D eigenvalue weighted by molar-refractivity contribution is 5.25. The van der Waals surface area contributed by atoms with Crippen LogP contribution in [-0.2, 0) is 5.54 Å². The van der Waals surface area contributed by atoms with E-state index in [1.165, 1.54) is 31.2 Å². The smallest absolute Gasteiger partial charge is 0.0461 e. The van der Waals surface area contributed by atoms with Crippen LogP contribution in [0.5, 0.6) is 0 Å². The van der Waals surface area contributed by atoms with Crippen molar-refractivity contribution in [3.63, 3.8) is 0 Å². The van der Waals surface area contributed by atoms with E-state index >= 15 is 0 Å². The Morgan fingerprint density at radius 3 is 2.21 bits per heavy atom. The zero-order valence-electron chi connectivity index (χ0n) is 11.6. The predicted octanol–water partition coefficient (Wildman–Crippen LogP) is 1.61. The van der Waals surface area contributed by atoms with E-state index in [-0.39, 0.29) is 5.54 Å². The first-order valence-electron chi connectivity index (χ1n) is 7.64. The van der Waals surface area contributed by atoms with Crippen molar-refractivity contribution >= 4 is 0 Å². The van der Waals surface area contributed by atoms with Crippen LogP contribution in [0.2, 0.25) is 0 Å². The molecule has 2 aliphatic rings. The Kier molecular flexibility index (Phi) is 4.16. The molecule has 2 heterocycles. The zero-order chi connectivity index (χ0) is 13.0. The van der Waals surface area contributed by atoms with Gasteiger partial charge in [-0.05, 0) is 57.4 Å². The fourth-order valence-corrected chi connectivity index (χ4v) is 3.48. The average Bonchev–Trinajstić information content (AvgIpc) is 2.50. The summed E-state index contributed by atoms with van der Waals surface area (Å²) in [6, 6.07) is 11.7. The summed E-state index contributed by atoms with van der Waals surface area (Å²) in [6.07, 6.45) is 4.89. The van der Waals surface area contributed by atoms with Crippen molar-refractivity contribution in [1.82, 2.24) is 16.0 Å². The van der Waals surface area contributed by atoms with Gasteiger partial charge in [-0.15, -0.1) is 0 Å². The Balaban J connectivity index is 1.79. The van der Waals surface area contributed by atoms with Crippen molar-refractivity contribution in [2.24, 2.45) is 0 Å². The quantitative estimate of drug-likeness (QED) is 0.772. The van der Waals surface area contributed by atoms with Gasteiger partial charge in [0.1, 0.15) is 0 Å². The molecule has 2 aliphatic heterocycles. The van der Waals surface area contributed by atoms with Crippen LogP contribution < -0.4 is 16.0 Å². The summed E-state index contributed by atoms with van der Waals surface area (Å²) in [5.74, 6) is 0.